The van der Waals surface area contributed by atoms with Crippen LogP contribution in [0.1, 0.15) is 18.1 Å². The van der Waals surface area contributed by atoms with E-state index in [1.807, 2.05) is 35.3 Å². The Balaban J connectivity index is 1.61. The molecule has 5 nitrogen and oxygen atoms in total. The monoisotopic (exact) mass is 295 g/mol. The lowest BCUT2D eigenvalue weighted by atomic mass is 10.1. The molecule has 0 bridgehead atoms. The number of H-pyrrole nitrogens is 1. The first-order valence-corrected chi connectivity index (χ1v) is 7.52. The van der Waals surface area contributed by atoms with Gasteiger partial charge in [0.05, 0.1) is 24.6 Å². The lowest BCUT2D eigenvalue weighted by molar-refractivity contribution is 0.451. The lowest BCUT2D eigenvalue weighted by Crippen LogP contribution is -2.30. The van der Waals surface area contributed by atoms with Gasteiger partial charge in [0.15, 0.2) is 0 Å². The van der Waals surface area contributed by atoms with Crippen molar-refractivity contribution in [3.05, 3.63) is 60.0 Å². The number of benzene rings is 1. The van der Waals surface area contributed by atoms with Crippen LogP contribution in [0.4, 0.5) is 0 Å². The fraction of sp³-hybridized carbons (Fsp3) is 0.294. The third-order valence-corrected chi connectivity index (χ3v) is 3.64. The summed E-state index contributed by atoms with van der Waals surface area (Å²) in [5.41, 5.74) is 4.60. The summed E-state index contributed by atoms with van der Waals surface area (Å²) < 4.78 is 1.97. The number of nitrogens with one attached hydrogen (secondary N) is 2. The SMILES string of the molecule is Cc1cnn(C[C@H](C)NCc2cn[nH]c2-c2ccccc2)c1. The van der Waals surface area contributed by atoms with Crippen LogP contribution in [0.25, 0.3) is 11.3 Å². The smallest absolute Gasteiger partial charge is 0.0695 e. The molecule has 0 radical (unpaired) electrons. The fourth-order valence-electron chi connectivity index (χ4n) is 2.50. The Labute approximate surface area is 130 Å². The third kappa shape index (κ3) is 3.43. The number of rotatable bonds is 6. The van der Waals surface area contributed by atoms with Crippen LogP contribution in [0.3, 0.4) is 0 Å². The third-order valence-electron chi connectivity index (χ3n) is 3.64. The van der Waals surface area contributed by atoms with E-state index in [-0.39, 0.29) is 0 Å². The summed E-state index contributed by atoms with van der Waals surface area (Å²) >= 11 is 0. The van der Waals surface area contributed by atoms with Gasteiger partial charge in [-0.15, -0.1) is 0 Å². The maximum absolute atomic E-state index is 4.32. The molecule has 5 heteroatoms. The second kappa shape index (κ2) is 6.58. The molecule has 114 valence electrons. The molecule has 3 rings (SSSR count). The number of aryl methyl sites for hydroxylation is 1. The number of aromatic amines is 1. The van der Waals surface area contributed by atoms with E-state index in [2.05, 4.69) is 52.8 Å². The van der Waals surface area contributed by atoms with Gasteiger partial charge < -0.3 is 5.32 Å². The highest BCUT2D eigenvalue weighted by molar-refractivity contribution is 5.62. The van der Waals surface area contributed by atoms with Gasteiger partial charge in [-0.1, -0.05) is 30.3 Å². The van der Waals surface area contributed by atoms with E-state index in [9.17, 15) is 0 Å². The summed E-state index contributed by atoms with van der Waals surface area (Å²) in [5, 5.41) is 15.1. The van der Waals surface area contributed by atoms with Gasteiger partial charge in [-0.3, -0.25) is 9.78 Å². The van der Waals surface area contributed by atoms with Crippen molar-refractivity contribution in [3.63, 3.8) is 0 Å². The second-order valence-corrected chi connectivity index (χ2v) is 5.66. The van der Waals surface area contributed by atoms with E-state index in [0.29, 0.717) is 6.04 Å². The van der Waals surface area contributed by atoms with Gasteiger partial charge >= 0.3 is 0 Å². The highest BCUT2D eigenvalue weighted by atomic mass is 15.3. The van der Waals surface area contributed by atoms with Gasteiger partial charge in [-0.05, 0) is 25.0 Å². The fourth-order valence-corrected chi connectivity index (χ4v) is 2.50. The van der Waals surface area contributed by atoms with Crippen LogP contribution in [0.2, 0.25) is 0 Å². The Morgan fingerprint density at radius 3 is 2.77 bits per heavy atom. The average Bonchev–Trinajstić information content (AvgIpc) is 3.15. The molecule has 2 heterocycles. The van der Waals surface area contributed by atoms with Crippen molar-refractivity contribution in [3.8, 4) is 11.3 Å². The van der Waals surface area contributed by atoms with Crippen LogP contribution in [0.5, 0.6) is 0 Å². The molecular weight excluding hydrogens is 274 g/mol. The highest BCUT2D eigenvalue weighted by Crippen LogP contribution is 2.20. The predicted molar refractivity (Wildman–Crippen MR) is 87.3 cm³/mol. The molecule has 0 amide bonds. The van der Waals surface area contributed by atoms with E-state index in [1.54, 1.807) is 0 Å². The van der Waals surface area contributed by atoms with E-state index in [0.717, 1.165) is 24.3 Å². The van der Waals surface area contributed by atoms with Crippen LogP contribution in [0.15, 0.2) is 48.9 Å². The average molecular weight is 295 g/mol. The molecule has 2 aromatic heterocycles. The van der Waals surface area contributed by atoms with Crippen LogP contribution >= 0.6 is 0 Å². The first-order chi connectivity index (χ1) is 10.7. The van der Waals surface area contributed by atoms with Crippen molar-refractivity contribution >= 4 is 0 Å². The normalized spacial score (nSPS) is 12.5. The van der Waals surface area contributed by atoms with Crippen LogP contribution in [-0.2, 0) is 13.1 Å². The topological polar surface area (TPSA) is 58.5 Å². The van der Waals surface area contributed by atoms with E-state index in [4.69, 9.17) is 0 Å². The molecule has 1 atom stereocenters. The van der Waals surface area contributed by atoms with Crippen molar-refractivity contribution in [2.24, 2.45) is 0 Å². The molecule has 3 aromatic rings. The van der Waals surface area contributed by atoms with Crippen LogP contribution in [-0.4, -0.2) is 26.0 Å². The summed E-state index contributed by atoms with van der Waals surface area (Å²) in [6.45, 7) is 5.85. The molecule has 0 fully saturated rings. The molecule has 1 aromatic carbocycles. The maximum atomic E-state index is 4.32. The first kappa shape index (κ1) is 14.5. The zero-order valence-electron chi connectivity index (χ0n) is 13.0. The maximum Gasteiger partial charge on any atom is 0.0695 e. The predicted octanol–water partition coefficient (Wildman–Crippen LogP) is 2.76. The number of hydrogen-bond acceptors (Lipinski definition) is 3. The standard InChI is InChI=1S/C17H21N5/c1-13-8-20-22(11-13)12-14(2)18-9-16-10-19-21-17(16)15-6-4-3-5-7-15/h3-8,10-11,14,18H,9,12H2,1-2H3,(H,19,21)/t14-/m0/s1. The Kier molecular flexibility index (Phi) is 4.34. The zero-order valence-corrected chi connectivity index (χ0v) is 13.0. The summed E-state index contributed by atoms with van der Waals surface area (Å²) in [5.74, 6) is 0. The number of aromatic nitrogens is 4. The minimum atomic E-state index is 0.331. The zero-order chi connectivity index (χ0) is 15.4. The van der Waals surface area contributed by atoms with Crippen LogP contribution < -0.4 is 5.32 Å². The molecule has 0 aliphatic carbocycles. The molecule has 0 saturated carbocycles. The van der Waals surface area contributed by atoms with Crippen molar-refractivity contribution < 1.29 is 0 Å². The summed E-state index contributed by atoms with van der Waals surface area (Å²) in [4.78, 5) is 0. The van der Waals surface area contributed by atoms with Crippen molar-refractivity contribution in [1.82, 2.24) is 25.3 Å². The molecule has 22 heavy (non-hydrogen) atoms. The first-order valence-electron chi connectivity index (χ1n) is 7.52. The molecule has 0 spiro atoms. The Bertz CT molecular complexity index is 713. The quantitative estimate of drug-likeness (QED) is 0.735. The minimum Gasteiger partial charge on any atom is -0.308 e. The summed E-state index contributed by atoms with van der Waals surface area (Å²) in [6, 6.07) is 10.6. The van der Waals surface area contributed by atoms with Gasteiger partial charge in [0.25, 0.3) is 0 Å². The Morgan fingerprint density at radius 1 is 1.23 bits per heavy atom. The molecule has 2 N–H and O–H groups in total. The lowest BCUT2D eigenvalue weighted by Gasteiger charge is -2.14. The molecule has 0 aliphatic rings. The van der Waals surface area contributed by atoms with E-state index in [1.165, 1.54) is 11.1 Å². The van der Waals surface area contributed by atoms with Crippen LogP contribution in [0, 0.1) is 6.92 Å². The minimum absolute atomic E-state index is 0.331. The van der Waals surface area contributed by atoms with Gasteiger partial charge in [-0.25, -0.2) is 0 Å². The highest BCUT2D eigenvalue weighted by Gasteiger charge is 2.09. The largest absolute Gasteiger partial charge is 0.308 e. The molecule has 0 unspecified atom stereocenters. The number of nitrogens with zero attached hydrogens (tertiary/aromatic N) is 3. The van der Waals surface area contributed by atoms with E-state index >= 15 is 0 Å². The van der Waals surface area contributed by atoms with Gasteiger partial charge in [-0.2, -0.15) is 10.2 Å². The Morgan fingerprint density at radius 2 is 2.05 bits per heavy atom. The molecule has 0 saturated heterocycles. The van der Waals surface area contributed by atoms with Gasteiger partial charge in [0.1, 0.15) is 0 Å². The van der Waals surface area contributed by atoms with Gasteiger partial charge in [0, 0.05) is 24.3 Å². The number of hydrogen-bond donors (Lipinski definition) is 2. The second-order valence-electron chi connectivity index (χ2n) is 5.66. The van der Waals surface area contributed by atoms with E-state index < -0.39 is 0 Å². The molecule has 0 aliphatic heterocycles. The summed E-state index contributed by atoms with van der Waals surface area (Å²) in [6.07, 6.45) is 5.84. The van der Waals surface area contributed by atoms with Crippen molar-refractivity contribution in [2.45, 2.75) is 33.0 Å². The van der Waals surface area contributed by atoms with Crippen molar-refractivity contribution in [1.29, 1.82) is 0 Å². The van der Waals surface area contributed by atoms with Gasteiger partial charge in [0.2, 0.25) is 0 Å². The van der Waals surface area contributed by atoms with Crippen molar-refractivity contribution in [2.75, 3.05) is 0 Å². The molecular formula is C17H21N5. The Hall–Kier alpha value is -2.40. The summed E-state index contributed by atoms with van der Waals surface area (Å²) in [7, 11) is 0.